The van der Waals surface area contributed by atoms with E-state index in [0.29, 0.717) is 35.5 Å². The fraction of sp³-hybridized carbons (Fsp3) is 0.156. The zero-order valence-corrected chi connectivity index (χ0v) is 22.7. The Morgan fingerprint density at radius 3 is 2.34 bits per heavy atom. The molecule has 2 N–H and O–H groups in total. The summed E-state index contributed by atoms with van der Waals surface area (Å²) in [6.45, 7) is 8.68. The molecule has 0 aliphatic carbocycles. The molecule has 0 saturated carbocycles. The number of aryl methyl sites for hydroxylation is 2. The highest BCUT2D eigenvalue weighted by molar-refractivity contribution is 6.10. The average molecular weight is 545 g/mol. The van der Waals surface area contributed by atoms with Crippen molar-refractivity contribution in [2.75, 3.05) is 13.1 Å². The first-order chi connectivity index (χ1) is 19.8. The molecule has 0 spiro atoms. The van der Waals surface area contributed by atoms with Gasteiger partial charge in [-0.1, -0.05) is 43.0 Å². The number of nitrogens with two attached hydrogens (primary N) is 1. The molecule has 5 aromatic rings. The van der Waals surface area contributed by atoms with Crippen LogP contribution < -0.4 is 10.5 Å². The summed E-state index contributed by atoms with van der Waals surface area (Å²) in [6.07, 6.45) is 6.59. The Morgan fingerprint density at radius 1 is 0.976 bits per heavy atom. The van der Waals surface area contributed by atoms with Crippen LogP contribution in [0.5, 0.6) is 11.8 Å². The van der Waals surface area contributed by atoms with Gasteiger partial charge >= 0.3 is 6.01 Å². The summed E-state index contributed by atoms with van der Waals surface area (Å²) >= 11 is 0. The SMILES string of the molecule is C=CC(=O)N1CC(c2ccc(-c3c(-c4ccc(Oc5nccc(C)n5)cc4)c(C(N)=O)c4cnc(C)cn34)cc2)C1. The largest absolute Gasteiger partial charge is 0.424 e. The first kappa shape index (κ1) is 25.9. The molecule has 4 heterocycles. The second-order valence-corrected chi connectivity index (χ2v) is 10.1. The number of likely N-dealkylation sites (tertiary alicyclic amines) is 1. The van der Waals surface area contributed by atoms with E-state index in [4.69, 9.17) is 10.5 Å². The summed E-state index contributed by atoms with van der Waals surface area (Å²) in [5, 5.41) is 0. The summed E-state index contributed by atoms with van der Waals surface area (Å²) in [6, 6.07) is 17.7. The van der Waals surface area contributed by atoms with E-state index < -0.39 is 5.91 Å². The van der Waals surface area contributed by atoms with E-state index in [-0.39, 0.29) is 17.8 Å². The van der Waals surface area contributed by atoms with E-state index in [2.05, 4.69) is 33.7 Å². The summed E-state index contributed by atoms with van der Waals surface area (Å²) in [7, 11) is 0. The van der Waals surface area contributed by atoms with Crippen LogP contribution in [0, 0.1) is 13.8 Å². The lowest BCUT2D eigenvalue weighted by molar-refractivity contribution is -0.130. The molecular formula is C32H28N6O3. The molecule has 0 atom stereocenters. The second-order valence-electron chi connectivity index (χ2n) is 10.1. The fourth-order valence-corrected chi connectivity index (χ4v) is 5.25. The molecule has 6 rings (SSSR count). The zero-order valence-electron chi connectivity index (χ0n) is 22.7. The number of benzene rings is 2. The van der Waals surface area contributed by atoms with E-state index in [0.717, 1.165) is 33.8 Å². The van der Waals surface area contributed by atoms with Gasteiger partial charge in [-0.3, -0.25) is 14.6 Å². The first-order valence-corrected chi connectivity index (χ1v) is 13.2. The Morgan fingerprint density at radius 2 is 1.68 bits per heavy atom. The lowest BCUT2D eigenvalue weighted by Crippen LogP contribution is -2.47. The van der Waals surface area contributed by atoms with Gasteiger partial charge < -0.3 is 19.8 Å². The average Bonchev–Trinajstić information content (AvgIpc) is 3.27. The topological polar surface area (TPSA) is 116 Å². The van der Waals surface area contributed by atoms with E-state index in [1.54, 1.807) is 23.4 Å². The molecular weight excluding hydrogens is 516 g/mol. The van der Waals surface area contributed by atoms with Gasteiger partial charge in [-0.05, 0) is 54.8 Å². The number of hydrogen-bond acceptors (Lipinski definition) is 6. The maximum atomic E-state index is 12.9. The van der Waals surface area contributed by atoms with Gasteiger partial charge in [0.2, 0.25) is 5.91 Å². The minimum atomic E-state index is -0.541. The molecule has 0 unspecified atom stereocenters. The van der Waals surface area contributed by atoms with Gasteiger partial charge in [0.15, 0.2) is 0 Å². The van der Waals surface area contributed by atoms with Gasteiger partial charge in [0.25, 0.3) is 5.91 Å². The van der Waals surface area contributed by atoms with Crippen molar-refractivity contribution in [3.05, 3.63) is 108 Å². The van der Waals surface area contributed by atoms with Crippen LogP contribution in [-0.4, -0.2) is 49.2 Å². The van der Waals surface area contributed by atoms with E-state index >= 15 is 0 Å². The van der Waals surface area contributed by atoms with Crippen LogP contribution in [0.2, 0.25) is 0 Å². The van der Waals surface area contributed by atoms with Crippen molar-refractivity contribution >= 4 is 17.3 Å². The van der Waals surface area contributed by atoms with Crippen LogP contribution in [0.15, 0.2) is 85.8 Å². The van der Waals surface area contributed by atoms with Gasteiger partial charge in [0, 0.05) is 42.7 Å². The van der Waals surface area contributed by atoms with E-state index in [9.17, 15) is 9.59 Å². The molecule has 1 aliphatic heterocycles. The summed E-state index contributed by atoms with van der Waals surface area (Å²) in [5.41, 5.74) is 13.0. The quantitative estimate of drug-likeness (QED) is 0.286. The third-order valence-corrected chi connectivity index (χ3v) is 7.34. The minimum Gasteiger partial charge on any atom is -0.424 e. The van der Waals surface area contributed by atoms with Gasteiger partial charge in [-0.25, -0.2) is 9.97 Å². The Hall–Kier alpha value is -5.31. The highest BCUT2D eigenvalue weighted by Gasteiger charge is 2.31. The maximum Gasteiger partial charge on any atom is 0.322 e. The molecule has 1 fully saturated rings. The zero-order chi connectivity index (χ0) is 28.7. The number of nitrogens with zero attached hydrogens (tertiary/aromatic N) is 5. The second kappa shape index (κ2) is 10.3. The first-order valence-electron chi connectivity index (χ1n) is 13.2. The molecule has 2 amide bonds. The summed E-state index contributed by atoms with van der Waals surface area (Å²) in [4.78, 5) is 39.4. The van der Waals surface area contributed by atoms with Gasteiger partial charge in [-0.15, -0.1) is 0 Å². The summed E-state index contributed by atoms with van der Waals surface area (Å²) in [5.74, 6) is 0.250. The van der Waals surface area contributed by atoms with Crippen LogP contribution in [0.25, 0.3) is 27.9 Å². The van der Waals surface area contributed by atoms with Crippen molar-refractivity contribution in [1.29, 1.82) is 0 Å². The number of hydrogen-bond donors (Lipinski definition) is 1. The smallest absolute Gasteiger partial charge is 0.322 e. The Labute approximate surface area is 237 Å². The van der Waals surface area contributed by atoms with Crippen molar-refractivity contribution < 1.29 is 14.3 Å². The van der Waals surface area contributed by atoms with Crippen LogP contribution >= 0.6 is 0 Å². The van der Waals surface area contributed by atoms with Crippen LogP contribution in [0.1, 0.15) is 33.2 Å². The van der Waals surface area contributed by atoms with Crippen molar-refractivity contribution in [1.82, 2.24) is 24.3 Å². The van der Waals surface area contributed by atoms with Crippen LogP contribution in [0.3, 0.4) is 0 Å². The molecule has 9 nitrogen and oxygen atoms in total. The number of fused-ring (bicyclic) bond motifs is 1. The predicted molar refractivity (Wildman–Crippen MR) is 156 cm³/mol. The molecule has 2 aromatic carbocycles. The number of rotatable bonds is 7. The lowest BCUT2D eigenvalue weighted by atomic mass is 9.89. The predicted octanol–water partition coefficient (Wildman–Crippen LogP) is 5.08. The molecule has 204 valence electrons. The highest BCUT2D eigenvalue weighted by atomic mass is 16.5. The van der Waals surface area contributed by atoms with Crippen molar-refractivity contribution in [3.8, 4) is 34.1 Å². The summed E-state index contributed by atoms with van der Waals surface area (Å²) < 4.78 is 7.82. The molecule has 0 radical (unpaired) electrons. The molecule has 0 bridgehead atoms. The van der Waals surface area contributed by atoms with Gasteiger partial charge in [-0.2, -0.15) is 0 Å². The molecule has 1 saturated heterocycles. The monoisotopic (exact) mass is 544 g/mol. The Kier molecular flexibility index (Phi) is 6.55. The van der Waals surface area contributed by atoms with Crippen molar-refractivity contribution in [2.24, 2.45) is 5.73 Å². The fourth-order valence-electron chi connectivity index (χ4n) is 5.25. The normalized spacial score (nSPS) is 13.2. The number of aromatic nitrogens is 4. The minimum absolute atomic E-state index is 0.0482. The molecule has 1 aliphatic rings. The van der Waals surface area contributed by atoms with Crippen molar-refractivity contribution in [2.45, 2.75) is 19.8 Å². The maximum absolute atomic E-state index is 12.9. The third kappa shape index (κ3) is 4.82. The number of carbonyl (C=O) groups is 2. The standard InChI is InChI=1S/C32H28N6O3/c1-4-27(39)37-17-24(18-37)21-5-7-23(8-6-21)30-28(29(31(33)40)26-15-35-20(3)16-38(26)30)22-9-11-25(12-10-22)41-32-34-14-13-19(2)36-32/h4-16,24H,1,17-18H2,2-3H3,(H2,33,40). The number of amides is 2. The Bertz CT molecular complexity index is 1800. The molecule has 3 aromatic heterocycles. The van der Waals surface area contributed by atoms with Gasteiger partial charge in [0.05, 0.1) is 28.7 Å². The van der Waals surface area contributed by atoms with E-state index in [1.807, 2.05) is 60.8 Å². The Balaban J connectivity index is 1.41. The molecule has 9 heteroatoms. The third-order valence-electron chi connectivity index (χ3n) is 7.34. The highest BCUT2D eigenvalue weighted by Crippen LogP contribution is 2.40. The number of primary amides is 1. The van der Waals surface area contributed by atoms with Crippen molar-refractivity contribution in [3.63, 3.8) is 0 Å². The van der Waals surface area contributed by atoms with Gasteiger partial charge in [0.1, 0.15) is 5.75 Å². The van der Waals surface area contributed by atoms with E-state index in [1.165, 1.54) is 6.08 Å². The number of ether oxygens (including phenoxy) is 1. The lowest BCUT2D eigenvalue weighted by Gasteiger charge is -2.39. The van der Waals surface area contributed by atoms with Crippen LogP contribution in [0.4, 0.5) is 0 Å². The number of carbonyl (C=O) groups excluding carboxylic acids is 2. The molecule has 41 heavy (non-hydrogen) atoms. The van der Waals surface area contributed by atoms with Crippen LogP contribution in [-0.2, 0) is 4.79 Å².